The molecule has 0 aliphatic heterocycles. The van der Waals surface area contributed by atoms with Gasteiger partial charge in [0.2, 0.25) is 0 Å². The molecule has 2 aromatic carbocycles. The fraction of sp³-hybridized carbons (Fsp3) is 0.294. The molecule has 2 aromatic rings. The minimum atomic E-state index is -4.59. The van der Waals surface area contributed by atoms with Crippen molar-refractivity contribution in [2.75, 3.05) is 19.8 Å². The van der Waals surface area contributed by atoms with Crippen molar-refractivity contribution in [2.24, 2.45) is 5.73 Å². The van der Waals surface area contributed by atoms with Crippen molar-refractivity contribution in [1.82, 2.24) is 0 Å². The number of hydrogen-bond donors (Lipinski definition) is 3. The minimum Gasteiger partial charge on any atom is -0.810 e. The summed E-state index contributed by atoms with van der Waals surface area (Å²) in [5.74, 6) is 1.49. The first-order valence-electron chi connectivity index (χ1n) is 7.74. The van der Waals surface area contributed by atoms with Gasteiger partial charge in [-0.25, -0.2) is 0 Å². The van der Waals surface area contributed by atoms with E-state index >= 15 is 0 Å². The summed E-state index contributed by atoms with van der Waals surface area (Å²) in [6.45, 7) is -0.866. The van der Waals surface area contributed by atoms with Crippen molar-refractivity contribution in [2.45, 2.75) is 11.7 Å². The monoisotopic (exact) mass is 427 g/mol. The molecule has 0 saturated heterocycles. The van der Waals surface area contributed by atoms with E-state index in [4.69, 9.17) is 25.4 Å². The van der Waals surface area contributed by atoms with Crippen molar-refractivity contribution in [3.8, 4) is 17.2 Å². The predicted molar refractivity (Wildman–Crippen MR) is 90.9 cm³/mol. The van der Waals surface area contributed by atoms with Crippen LogP contribution in [0.3, 0.4) is 0 Å². The van der Waals surface area contributed by atoms with E-state index in [1.54, 1.807) is 36.4 Å². The molecule has 0 spiro atoms. The molecular formula is C17H20NNa2O7P. The van der Waals surface area contributed by atoms with Gasteiger partial charge in [0, 0.05) is 6.16 Å². The largest absolute Gasteiger partial charge is 1.00 e. The molecule has 28 heavy (non-hydrogen) atoms. The first kappa shape index (κ1) is 28.1. The van der Waals surface area contributed by atoms with E-state index in [1.165, 1.54) is 12.1 Å². The Kier molecular flexibility index (Phi) is 12.7. The molecule has 0 aliphatic rings. The van der Waals surface area contributed by atoms with E-state index in [1.807, 2.05) is 0 Å². The zero-order valence-electron chi connectivity index (χ0n) is 15.9. The number of benzene rings is 2. The zero-order chi connectivity index (χ0) is 19.2. The normalized spacial score (nSPS) is 11.2. The number of nitrogens with two attached hydrogens (primary N) is 1. The maximum absolute atomic E-state index is 10.8. The smallest absolute Gasteiger partial charge is 0.810 e. The van der Waals surface area contributed by atoms with Gasteiger partial charge >= 0.3 is 59.1 Å². The molecule has 8 nitrogen and oxygen atoms in total. The summed E-state index contributed by atoms with van der Waals surface area (Å²) in [4.78, 5) is 21.5. The van der Waals surface area contributed by atoms with Crippen molar-refractivity contribution in [3.63, 3.8) is 0 Å². The van der Waals surface area contributed by atoms with Crippen LogP contribution in [0.1, 0.15) is 5.56 Å². The summed E-state index contributed by atoms with van der Waals surface area (Å²) in [5.41, 5.74) is 4.90. The summed E-state index contributed by atoms with van der Waals surface area (Å²) >= 11 is 0. The Morgan fingerprint density at radius 3 is 1.75 bits per heavy atom. The van der Waals surface area contributed by atoms with Crippen LogP contribution in [-0.2, 0) is 10.7 Å². The Morgan fingerprint density at radius 2 is 1.32 bits per heavy atom. The van der Waals surface area contributed by atoms with E-state index < -0.39 is 32.5 Å². The molecule has 4 N–H and O–H groups in total. The van der Waals surface area contributed by atoms with Crippen molar-refractivity contribution >= 4 is 7.60 Å². The second kappa shape index (κ2) is 12.7. The summed E-state index contributed by atoms with van der Waals surface area (Å²) in [5, 5.41) is 18.2. The third-order valence-corrected chi connectivity index (χ3v) is 4.27. The fourth-order valence-corrected chi connectivity index (χ4v) is 2.65. The molecular weight excluding hydrogens is 407 g/mol. The van der Waals surface area contributed by atoms with Crippen LogP contribution in [0, 0.1) is 0 Å². The molecule has 0 saturated carbocycles. The van der Waals surface area contributed by atoms with Crippen LogP contribution in [-0.4, -0.2) is 35.6 Å². The number of aliphatic hydroxyl groups excluding tert-OH is 2. The fourth-order valence-electron chi connectivity index (χ4n) is 1.99. The molecule has 0 atom stereocenters. The van der Waals surface area contributed by atoms with E-state index in [0.717, 1.165) is 0 Å². The summed E-state index contributed by atoms with van der Waals surface area (Å²) < 4.78 is 21.8. The Hall–Kier alpha value is 0.0700. The van der Waals surface area contributed by atoms with Crippen LogP contribution in [0.2, 0.25) is 0 Å². The minimum absolute atomic E-state index is 0. The van der Waals surface area contributed by atoms with Gasteiger partial charge in [-0.05, 0) is 42.0 Å². The van der Waals surface area contributed by atoms with Gasteiger partial charge in [0.25, 0.3) is 0 Å². The van der Waals surface area contributed by atoms with Crippen molar-refractivity contribution < 1.29 is 93.2 Å². The zero-order valence-corrected chi connectivity index (χ0v) is 20.8. The number of hydrogen-bond acceptors (Lipinski definition) is 8. The molecule has 142 valence electrons. The first-order valence-corrected chi connectivity index (χ1v) is 9.47. The van der Waals surface area contributed by atoms with Crippen LogP contribution >= 0.6 is 7.60 Å². The number of rotatable bonds is 9. The van der Waals surface area contributed by atoms with Crippen LogP contribution in [0.15, 0.2) is 48.5 Å². The Balaban J connectivity index is 0.00000364. The van der Waals surface area contributed by atoms with E-state index in [9.17, 15) is 14.4 Å². The molecule has 11 heteroatoms. The molecule has 0 heterocycles. The van der Waals surface area contributed by atoms with Crippen LogP contribution in [0.25, 0.3) is 0 Å². The number of ether oxygens (including phenoxy) is 2. The maximum atomic E-state index is 10.8. The standard InChI is InChI=1S/C17H22NO7P.2Na/c18-17(10-19,11-20)12-24-14-5-7-16(8-6-14)25-15-3-1-13(2-4-15)9-26(21,22)23;;/h1-8,19-20H,9-12,18H2,(H2,21,22,23);;/q;2*+1/p-2. The summed E-state index contributed by atoms with van der Waals surface area (Å²) in [7, 11) is -4.59. The second-order valence-corrected chi connectivity index (χ2v) is 7.49. The Morgan fingerprint density at radius 1 is 0.893 bits per heavy atom. The maximum Gasteiger partial charge on any atom is 1.00 e. The Bertz CT molecular complexity index is 749. The molecule has 0 aliphatic carbocycles. The van der Waals surface area contributed by atoms with Crippen LogP contribution in [0.4, 0.5) is 0 Å². The van der Waals surface area contributed by atoms with Gasteiger partial charge in [-0.15, -0.1) is 0 Å². The SMILES string of the molecule is NC(CO)(CO)COc1ccc(Oc2ccc(CP(=O)([O-])[O-])cc2)cc1.[Na+].[Na+]. The molecule has 0 unspecified atom stereocenters. The van der Waals surface area contributed by atoms with Crippen LogP contribution < -0.4 is 84.1 Å². The van der Waals surface area contributed by atoms with Gasteiger partial charge in [-0.2, -0.15) is 0 Å². The van der Waals surface area contributed by atoms with Gasteiger partial charge in [0.15, 0.2) is 0 Å². The van der Waals surface area contributed by atoms with Gasteiger partial charge < -0.3 is 39.8 Å². The van der Waals surface area contributed by atoms with Crippen molar-refractivity contribution in [1.29, 1.82) is 0 Å². The molecule has 0 aromatic heterocycles. The summed E-state index contributed by atoms with van der Waals surface area (Å²) in [6, 6.07) is 12.8. The van der Waals surface area contributed by atoms with Gasteiger partial charge in [-0.3, -0.25) is 0 Å². The average Bonchev–Trinajstić information content (AvgIpc) is 2.61. The van der Waals surface area contributed by atoms with Crippen molar-refractivity contribution in [3.05, 3.63) is 54.1 Å². The van der Waals surface area contributed by atoms with E-state index in [-0.39, 0.29) is 65.7 Å². The van der Waals surface area contributed by atoms with Gasteiger partial charge in [0.1, 0.15) is 23.9 Å². The molecule has 0 bridgehead atoms. The Labute approximate surface area is 207 Å². The topological polar surface area (TPSA) is 148 Å². The van der Waals surface area contributed by atoms with Crippen LogP contribution in [0.5, 0.6) is 17.2 Å². The molecule has 0 amide bonds. The van der Waals surface area contributed by atoms with Gasteiger partial charge in [0.05, 0.1) is 18.8 Å². The molecule has 0 radical (unpaired) electrons. The quantitative estimate of drug-likeness (QED) is 0.265. The van der Waals surface area contributed by atoms with Gasteiger partial charge in [-0.1, -0.05) is 19.7 Å². The molecule has 2 rings (SSSR count). The van der Waals surface area contributed by atoms with E-state index in [0.29, 0.717) is 22.8 Å². The predicted octanol–water partition coefficient (Wildman–Crippen LogP) is -6.04. The average molecular weight is 427 g/mol. The third kappa shape index (κ3) is 9.71. The van der Waals surface area contributed by atoms with E-state index in [2.05, 4.69) is 0 Å². The third-order valence-electron chi connectivity index (χ3n) is 3.52. The first-order chi connectivity index (χ1) is 12.2. The second-order valence-electron chi connectivity index (χ2n) is 5.95. The molecule has 0 fully saturated rings. The summed E-state index contributed by atoms with van der Waals surface area (Å²) in [6.07, 6.45) is -0.538. The number of aliphatic hydroxyl groups is 2.